The van der Waals surface area contributed by atoms with Crippen LogP contribution in [0.25, 0.3) is 11.3 Å². The van der Waals surface area contributed by atoms with Gasteiger partial charge in [-0.2, -0.15) is 13.2 Å². The van der Waals surface area contributed by atoms with Crippen molar-refractivity contribution in [3.05, 3.63) is 41.2 Å². The molecule has 10 heteroatoms. The van der Waals surface area contributed by atoms with E-state index >= 15 is 0 Å². The monoisotopic (exact) mass is 522 g/mol. The first-order valence-electron chi connectivity index (χ1n) is 12.5. The fraction of sp³-hybridized carbons (Fsp3) is 0.577. The Labute approximate surface area is 213 Å². The standard InChI is InChI=1S/C26H30ClF3N4O2/c27-20-15-32-23(34-24(35)17-10-18(14-31-13-17)26(28,29)30)11-19(20)21-2-1-3-22(33-21)25(6-7-25)12-16-4-8-36-9-5-16/h1-3,11,15-18,31H,4-10,12-14H2,(H,32,34,35)/t17?,18-/m1/s1. The fourth-order valence-electron chi connectivity index (χ4n) is 5.42. The van der Waals surface area contributed by atoms with Crippen LogP contribution in [0.1, 0.15) is 44.2 Å². The van der Waals surface area contributed by atoms with E-state index in [-0.39, 0.29) is 30.7 Å². The Morgan fingerprint density at radius 3 is 2.72 bits per heavy atom. The molecule has 1 unspecified atom stereocenters. The van der Waals surface area contributed by atoms with Gasteiger partial charge in [0.2, 0.25) is 5.91 Å². The summed E-state index contributed by atoms with van der Waals surface area (Å²) in [6.45, 7) is 1.67. The summed E-state index contributed by atoms with van der Waals surface area (Å²) < 4.78 is 44.9. The maximum Gasteiger partial charge on any atom is 0.393 e. The molecule has 6 nitrogen and oxygen atoms in total. The molecule has 0 spiro atoms. The maximum atomic E-state index is 13.1. The molecular weight excluding hydrogens is 493 g/mol. The van der Waals surface area contributed by atoms with E-state index in [1.165, 1.54) is 6.20 Å². The van der Waals surface area contributed by atoms with E-state index in [1.807, 2.05) is 12.1 Å². The number of hydrogen-bond acceptors (Lipinski definition) is 5. The topological polar surface area (TPSA) is 76.1 Å². The summed E-state index contributed by atoms with van der Waals surface area (Å²) in [5.74, 6) is -1.95. The summed E-state index contributed by atoms with van der Waals surface area (Å²) in [5.41, 5.74) is 2.46. The second-order valence-electron chi connectivity index (χ2n) is 10.3. The van der Waals surface area contributed by atoms with Crippen molar-refractivity contribution in [3.8, 4) is 11.3 Å². The lowest BCUT2D eigenvalue weighted by atomic mass is 9.84. The van der Waals surface area contributed by atoms with Crippen molar-refractivity contribution in [2.45, 2.75) is 50.1 Å². The summed E-state index contributed by atoms with van der Waals surface area (Å²) in [6.07, 6.45) is 2.35. The van der Waals surface area contributed by atoms with E-state index in [0.717, 1.165) is 51.0 Å². The summed E-state index contributed by atoms with van der Waals surface area (Å²) >= 11 is 6.46. The van der Waals surface area contributed by atoms with Gasteiger partial charge in [-0.15, -0.1) is 0 Å². The SMILES string of the molecule is O=C(Nc1cc(-c2cccc(C3(CC4CCOCC4)CC3)n2)c(Cl)cn1)C1CNC[C@H](C(F)(F)F)C1. The molecule has 2 aliphatic heterocycles. The average molecular weight is 523 g/mol. The highest BCUT2D eigenvalue weighted by Crippen LogP contribution is 2.53. The summed E-state index contributed by atoms with van der Waals surface area (Å²) in [6, 6.07) is 7.56. The molecule has 194 valence electrons. The van der Waals surface area contributed by atoms with E-state index < -0.39 is 23.9 Å². The van der Waals surface area contributed by atoms with Gasteiger partial charge in [-0.3, -0.25) is 9.78 Å². The Kier molecular flexibility index (Phi) is 7.25. The Balaban J connectivity index is 1.31. The minimum atomic E-state index is -4.34. The number of carbonyl (C=O) groups is 1. The lowest BCUT2D eigenvalue weighted by Crippen LogP contribution is -2.46. The van der Waals surface area contributed by atoms with Crippen LogP contribution in [0.2, 0.25) is 5.02 Å². The predicted octanol–water partition coefficient (Wildman–Crippen LogP) is 5.37. The second-order valence-corrected chi connectivity index (χ2v) is 10.7. The van der Waals surface area contributed by atoms with Gasteiger partial charge >= 0.3 is 6.18 Å². The highest BCUT2D eigenvalue weighted by atomic mass is 35.5. The lowest BCUT2D eigenvalue weighted by Gasteiger charge is -2.30. The van der Waals surface area contributed by atoms with E-state index in [1.54, 1.807) is 6.07 Å². The third-order valence-corrected chi connectivity index (χ3v) is 8.03. The third kappa shape index (κ3) is 5.68. The van der Waals surface area contributed by atoms with Crippen LogP contribution in [-0.4, -0.2) is 48.4 Å². The molecule has 2 saturated heterocycles. The van der Waals surface area contributed by atoms with Gasteiger partial charge in [-0.05, 0) is 62.6 Å². The first kappa shape index (κ1) is 25.4. The maximum absolute atomic E-state index is 13.1. The molecule has 2 atom stereocenters. The van der Waals surface area contributed by atoms with Crippen molar-refractivity contribution in [1.82, 2.24) is 15.3 Å². The predicted molar refractivity (Wildman–Crippen MR) is 131 cm³/mol. The molecule has 1 amide bonds. The van der Waals surface area contributed by atoms with Crippen LogP contribution in [0.3, 0.4) is 0 Å². The summed E-state index contributed by atoms with van der Waals surface area (Å²) in [4.78, 5) is 21.9. The van der Waals surface area contributed by atoms with Gasteiger partial charge in [-0.1, -0.05) is 17.7 Å². The zero-order valence-corrected chi connectivity index (χ0v) is 20.7. The van der Waals surface area contributed by atoms with Gasteiger partial charge in [0.25, 0.3) is 0 Å². The number of anilines is 1. The molecule has 4 heterocycles. The first-order valence-corrected chi connectivity index (χ1v) is 12.9. The number of rotatable bonds is 6. The highest BCUT2D eigenvalue weighted by Gasteiger charge is 2.47. The van der Waals surface area contributed by atoms with Crippen LogP contribution in [0.5, 0.6) is 0 Å². The Hall–Kier alpha value is -2.23. The largest absolute Gasteiger partial charge is 0.393 e. The number of aromatic nitrogens is 2. The number of hydrogen-bond donors (Lipinski definition) is 2. The second kappa shape index (κ2) is 10.3. The van der Waals surface area contributed by atoms with Crippen molar-refractivity contribution >= 4 is 23.3 Å². The van der Waals surface area contributed by atoms with Crippen molar-refractivity contribution in [3.63, 3.8) is 0 Å². The van der Waals surface area contributed by atoms with E-state index in [2.05, 4.69) is 21.7 Å². The van der Waals surface area contributed by atoms with E-state index in [4.69, 9.17) is 21.3 Å². The molecule has 0 bridgehead atoms. The van der Waals surface area contributed by atoms with Gasteiger partial charge in [0.15, 0.2) is 0 Å². The van der Waals surface area contributed by atoms with Gasteiger partial charge in [0, 0.05) is 49.2 Å². The minimum absolute atomic E-state index is 0.0948. The zero-order chi connectivity index (χ0) is 25.3. The van der Waals surface area contributed by atoms with Crippen LogP contribution < -0.4 is 10.6 Å². The number of piperidine rings is 1. The molecule has 1 aliphatic carbocycles. The van der Waals surface area contributed by atoms with E-state index in [9.17, 15) is 18.0 Å². The van der Waals surface area contributed by atoms with Crippen LogP contribution in [0.15, 0.2) is 30.5 Å². The Bertz CT molecular complexity index is 1100. The number of carbonyl (C=O) groups excluding carboxylic acids is 1. The zero-order valence-electron chi connectivity index (χ0n) is 19.9. The molecule has 2 N–H and O–H groups in total. The minimum Gasteiger partial charge on any atom is -0.381 e. The quantitative estimate of drug-likeness (QED) is 0.533. The smallest absolute Gasteiger partial charge is 0.381 e. The number of alkyl halides is 3. The van der Waals surface area contributed by atoms with Crippen LogP contribution in [0, 0.1) is 17.8 Å². The Morgan fingerprint density at radius 2 is 2.00 bits per heavy atom. The molecule has 0 radical (unpaired) electrons. The van der Waals surface area contributed by atoms with Crippen molar-refractivity contribution in [2.24, 2.45) is 17.8 Å². The average Bonchev–Trinajstić information content (AvgIpc) is 3.66. The lowest BCUT2D eigenvalue weighted by molar-refractivity contribution is -0.181. The fourth-order valence-corrected chi connectivity index (χ4v) is 5.62. The first-order chi connectivity index (χ1) is 17.2. The number of ether oxygens (including phenoxy) is 1. The molecule has 0 aromatic carbocycles. The van der Waals surface area contributed by atoms with Crippen LogP contribution in [0.4, 0.5) is 19.0 Å². The van der Waals surface area contributed by atoms with Crippen molar-refractivity contribution in [2.75, 3.05) is 31.6 Å². The number of pyridine rings is 2. The molecule has 36 heavy (non-hydrogen) atoms. The van der Waals surface area contributed by atoms with Gasteiger partial charge in [0.1, 0.15) is 5.82 Å². The van der Waals surface area contributed by atoms with Crippen LogP contribution >= 0.6 is 11.6 Å². The molecule has 5 rings (SSSR count). The third-order valence-electron chi connectivity index (χ3n) is 7.73. The number of nitrogens with one attached hydrogen (secondary N) is 2. The molecule has 3 aliphatic rings. The van der Waals surface area contributed by atoms with Gasteiger partial charge in [-0.25, -0.2) is 4.98 Å². The van der Waals surface area contributed by atoms with Crippen LogP contribution in [-0.2, 0) is 14.9 Å². The van der Waals surface area contributed by atoms with Crippen molar-refractivity contribution < 1.29 is 22.7 Å². The van der Waals surface area contributed by atoms with Gasteiger partial charge < -0.3 is 15.4 Å². The summed E-state index contributed by atoms with van der Waals surface area (Å²) in [5, 5.41) is 5.79. The van der Waals surface area contributed by atoms with Gasteiger partial charge in [0.05, 0.1) is 22.6 Å². The molecule has 2 aromatic heterocycles. The normalized spacial score (nSPS) is 24.3. The molecule has 1 saturated carbocycles. The molecular formula is C26H30ClF3N4O2. The Morgan fingerprint density at radius 1 is 1.22 bits per heavy atom. The highest BCUT2D eigenvalue weighted by molar-refractivity contribution is 6.33. The number of amides is 1. The molecule has 2 aromatic rings. The van der Waals surface area contributed by atoms with E-state index in [0.29, 0.717) is 22.2 Å². The number of halogens is 4. The van der Waals surface area contributed by atoms with Crippen molar-refractivity contribution in [1.29, 1.82) is 0 Å². The molecule has 3 fully saturated rings. The number of nitrogens with zero attached hydrogens (tertiary/aromatic N) is 2. The summed E-state index contributed by atoms with van der Waals surface area (Å²) in [7, 11) is 0.